The second kappa shape index (κ2) is 10.2. The normalized spacial score (nSPS) is 23.5. The number of hydrogen-bond acceptors (Lipinski definition) is 6. The summed E-state index contributed by atoms with van der Waals surface area (Å²) in [6.07, 6.45) is 6.52. The van der Waals surface area contributed by atoms with Gasteiger partial charge in [0.25, 0.3) is 0 Å². The number of amides is 1. The number of hydrogen-bond donors (Lipinski definition) is 1. The number of anilines is 1. The zero-order chi connectivity index (χ0) is 26.3. The summed E-state index contributed by atoms with van der Waals surface area (Å²) >= 11 is 7.15. The minimum Gasteiger partial charge on any atom is -0.444 e. The van der Waals surface area contributed by atoms with Crippen molar-refractivity contribution in [1.82, 2.24) is 24.5 Å². The van der Waals surface area contributed by atoms with Crippen LogP contribution in [-0.2, 0) is 4.74 Å². The fourth-order valence-electron chi connectivity index (χ4n) is 5.69. The summed E-state index contributed by atoms with van der Waals surface area (Å²) in [6, 6.07) is 5.73. The standard InChI is InChI=1S/C28H39ClN6O2/c1-19-9-8-14-30-24(19)20-10-6-11-21(34(20)27(36)37-28(2,3)4)25-26(29)35-22(31-25)12-7-13-23(35)33-17-15-32(5)16-18-33/h7-9,12-13,20-21,30H,6,10-11,14-18H2,1-5H3. The molecule has 9 heteroatoms. The van der Waals surface area contributed by atoms with Gasteiger partial charge in [0, 0.05) is 38.4 Å². The summed E-state index contributed by atoms with van der Waals surface area (Å²) in [5.74, 6) is 1.04. The number of piperazine rings is 1. The molecule has 5 heterocycles. The molecule has 0 saturated carbocycles. The van der Waals surface area contributed by atoms with Gasteiger partial charge in [-0.15, -0.1) is 0 Å². The molecule has 3 aliphatic rings. The van der Waals surface area contributed by atoms with E-state index in [-0.39, 0.29) is 18.2 Å². The van der Waals surface area contributed by atoms with Crippen LogP contribution in [0, 0.1) is 0 Å². The lowest BCUT2D eigenvalue weighted by Crippen LogP contribution is -2.51. The number of halogens is 1. The summed E-state index contributed by atoms with van der Waals surface area (Å²) in [5.41, 5.74) is 3.16. The largest absolute Gasteiger partial charge is 0.444 e. The number of nitrogens with zero attached hydrogens (tertiary/aromatic N) is 5. The number of piperidine rings is 1. The Balaban J connectivity index is 1.57. The summed E-state index contributed by atoms with van der Waals surface area (Å²) in [6.45, 7) is 12.4. The molecule has 0 aromatic carbocycles. The Morgan fingerprint density at radius 1 is 1.14 bits per heavy atom. The molecule has 1 amide bonds. The van der Waals surface area contributed by atoms with Crippen LogP contribution >= 0.6 is 11.6 Å². The van der Waals surface area contributed by atoms with Gasteiger partial charge in [0.15, 0.2) is 0 Å². The van der Waals surface area contributed by atoms with Crippen molar-refractivity contribution < 1.29 is 9.53 Å². The minimum absolute atomic E-state index is 0.128. The smallest absolute Gasteiger partial charge is 0.411 e. The molecule has 8 nitrogen and oxygen atoms in total. The second-order valence-corrected chi connectivity index (χ2v) is 11.7. The van der Waals surface area contributed by atoms with Gasteiger partial charge in [0.2, 0.25) is 0 Å². The number of nitrogens with one attached hydrogen (secondary N) is 1. The lowest BCUT2D eigenvalue weighted by atomic mass is 9.90. The number of aromatic nitrogens is 2. The van der Waals surface area contributed by atoms with Gasteiger partial charge in [-0.2, -0.15) is 0 Å². The highest BCUT2D eigenvalue weighted by atomic mass is 35.5. The Hall–Kier alpha value is -2.71. The maximum Gasteiger partial charge on any atom is 0.411 e. The van der Waals surface area contributed by atoms with Gasteiger partial charge in [-0.3, -0.25) is 9.30 Å². The molecule has 5 rings (SSSR count). The average molecular weight is 527 g/mol. The molecular weight excluding hydrogens is 488 g/mol. The van der Waals surface area contributed by atoms with Crippen LogP contribution in [0.25, 0.3) is 5.65 Å². The first kappa shape index (κ1) is 25.9. The van der Waals surface area contributed by atoms with Crippen molar-refractivity contribution in [2.75, 3.05) is 44.7 Å². The van der Waals surface area contributed by atoms with E-state index in [2.05, 4.69) is 47.3 Å². The Kier molecular flexibility index (Phi) is 7.16. The Labute approximate surface area is 224 Å². The van der Waals surface area contributed by atoms with E-state index in [0.717, 1.165) is 80.4 Å². The van der Waals surface area contributed by atoms with Crippen LogP contribution in [0.3, 0.4) is 0 Å². The van der Waals surface area contributed by atoms with Gasteiger partial charge in [-0.25, -0.2) is 9.78 Å². The number of likely N-dealkylation sites (N-methyl/N-ethyl adjacent to an activating group) is 1. The summed E-state index contributed by atoms with van der Waals surface area (Å²) in [7, 11) is 2.15. The molecular formula is C28H39ClN6O2. The molecule has 2 saturated heterocycles. The van der Waals surface area contributed by atoms with Crippen molar-refractivity contribution in [3.8, 4) is 0 Å². The molecule has 2 aromatic heterocycles. The number of allylic oxidation sites excluding steroid dienone is 2. The molecule has 37 heavy (non-hydrogen) atoms. The molecule has 2 aromatic rings. The summed E-state index contributed by atoms with van der Waals surface area (Å²) in [4.78, 5) is 25.4. The molecule has 2 unspecified atom stereocenters. The van der Waals surface area contributed by atoms with E-state index in [1.54, 1.807) is 0 Å². The molecule has 0 bridgehead atoms. The van der Waals surface area contributed by atoms with Crippen LogP contribution in [0.1, 0.15) is 58.7 Å². The van der Waals surface area contributed by atoms with Crippen LogP contribution in [-0.4, -0.2) is 76.7 Å². The molecule has 1 N–H and O–H groups in total. The molecule has 3 aliphatic heterocycles. The van der Waals surface area contributed by atoms with Gasteiger partial charge in [-0.1, -0.05) is 29.8 Å². The van der Waals surface area contributed by atoms with E-state index < -0.39 is 5.60 Å². The fraction of sp³-hybridized carbons (Fsp3) is 0.571. The van der Waals surface area contributed by atoms with Gasteiger partial charge in [0.1, 0.15) is 27.9 Å². The number of carbonyl (C=O) groups excluding carboxylic acids is 1. The molecule has 0 aliphatic carbocycles. The Morgan fingerprint density at radius 2 is 1.86 bits per heavy atom. The van der Waals surface area contributed by atoms with Crippen molar-refractivity contribution >= 4 is 29.2 Å². The number of carbonyl (C=O) groups is 1. The Morgan fingerprint density at radius 3 is 2.57 bits per heavy atom. The fourth-order valence-corrected chi connectivity index (χ4v) is 6.03. The zero-order valence-electron chi connectivity index (χ0n) is 22.6. The maximum absolute atomic E-state index is 13.8. The summed E-state index contributed by atoms with van der Waals surface area (Å²) < 4.78 is 8.00. The van der Waals surface area contributed by atoms with Crippen LogP contribution in [0.2, 0.25) is 5.15 Å². The van der Waals surface area contributed by atoms with E-state index in [4.69, 9.17) is 21.3 Å². The van der Waals surface area contributed by atoms with E-state index >= 15 is 0 Å². The number of dihydropyridines is 1. The topological polar surface area (TPSA) is 65.4 Å². The van der Waals surface area contributed by atoms with Crippen molar-refractivity contribution in [3.05, 3.63) is 52.5 Å². The second-order valence-electron chi connectivity index (χ2n) is 11.4. The SMILES string of the molecule is CC1=C(C2CCCC(c3nc4cccc(N5CCN(C)CC5)n4c3Cl)N2C(=O)OC(C)(C)C)NCC=C1. The third-order valence-electron chi connectivity index (χ3n) is 7.50. The van der Waals surface area contributed by atoms with E-state index in [9.17, 15) is 4.79 Å². The van der Waals surface area contributed by atoms with Crippen LogP contribution in [0.15, 0.2) is 41.6 Å². The minimum atomic E-state index is -0.607. The molecule has 2 atom stereocenters. The lowest BCUT2D eigenvalue weighted by molar-refractivity contribution is -0.00233. The first-order chi connectivity index (χ1) is 17.6. The quantitative estimate of drug-likeness (QED) is 0.607. The average Bonchev–Trinajstić information content (AvgIpc) is 3.20. The summed E-state index contributed by atoms with van der Waals surface area (Å²) in [5, 5.41) is 4.10. The molecule has 2 fully saturated rings. The van der Waals surface area contributed by atoms with Gasteiger partial charge in [0.05, 0.1) is 12.1 Å². The third-order valence-corrected chi connectivity index (χ3v) is 7.86. The van der Waals surface area contributed by atoms with Gasteiger partial charge in [-0.05, 0) is 71.7 Å². The van der Waals surface area contributed by atoms with Crippen molar-refractivity contribution in [2.45, 2.75) is 64.6 Å². The van der Waals surface area contributed by atoms with Gasteiger partial charge < -0.3 is 19.9 Å². The highest BCUT2D eigenvalue weighted by Crippen LogP contribution is 2.41. The number of pyridine rings is 1. The van der Waals surface area contributed by atoms with Crippen molar-refractivity contribution in [3.63, 3.8) is 0 Å². The predicted molar refractivity (Wildman–Crippen MR) is 148 cm³/mol. The highest BCUT2D eigenvalue weighted by Gasteiger charge is 2.42. The number of imidazole rings is 1. The number of likely N-dealkylation sites (tertiary alicyclic amines) is 1. The van der Waals surface area contributed by atoms with Crippen LogP contribution in [0.4, 0.5) is 10.6 Å². The monoisotopic (exact) mass is 526 g/mol. The van der Waals surface area contributed by atoms with Crippen LogP contribution in [0.5, 0.6) is 0 Å². The predicted octanol–water partition coefficient (Wildman–Crippen LogP) is 5.00. The van der Waals surface area contributed by atoms with Gasteiger partial charge >= 0.3 is 6.09 Å². The van der Waals surface area contributed by atoms with E-state index in [1.165, 1.54) is 0 Å². The van der Waals surface area contributed by atoms with E-state index in [0.29, 0.717) is 5.15 Å². The molecule has 0 spiro atoms. The maximum atomic E-state index is 13.8. The van der Waals surface area contributed by atoms with Crippen LogP contribution < -0.4 is 10.2 Å². The van der Waals surface area contributed by atoms with Crippen molar-refractivity contribution in [2.24, 2.45) is 0 Å². The highest BCUT2D eigenvalue weighted by molar-refractivity contribution is 6.30. The number of ether oxygens (including phenoxy) is 1. The Bertz CT molecular complexity index is 1220. The first-order valence-corrected chi connectivity index (χ1v) is 13.7. The lowest BCUT2D eigenvalue weighted by Gasteiger charge is -2.43. The van der Waals surface area contributed by atoms with Crippen molar-refractivity contribution in [1.29, 1.82) is 0 Å². The molecule has 200 valence electrons. The van der Waals surface area contributed by atoms with E-state index in [1.807, 2.05) is 42.2 Å². The number of rotatable bonds is 3. The zero-order valence-corrected chi connectivity index (χ0v) is 23.4. The molecule has 0 radical (unpaired) electrons. The third kappa shape index (κ3) is 5.18. The number of fused-ring (bicyclic) bond motifs is 1. The first-order valence-electron chi connectivity index (χ1n) is 13.4.